The van der Waals surface area contributed by atoms with Gasteiger partial charge in [-0.05, 0) is 29.8 Å². The number of aromatic nitrogens is 2. The van der Waals surface area contributed by atoms with Crippen LogP contribution in [0.5, 0.6) is 0 Å². The lowest BCUT2D eigenvalue weighted by molar-refractivity contribution is -0.141. The summed E-state index contributed by atoms with van der Waals surface area (Å²) in [4.78, 5) is 6.42. The minimum Gasteiger partial charge on any atom is -0.218 e. The summed E-state index contributed by atoms with van der Waals surface area (Å²) in [5, 5.41) is -0.759. The molecule has 118 valence electrons. The highest BCUT2D eigenvalue weighted by molar-refractivity contribution is 6.28. The van der Waals surface area contributed by atoms with Crippen LogP contribution in [0.25, 0.3) is 11.3 Å². The molecule has 0 saturated heterocycles. The molecule has 0 radical (unpaired) electrons. The Morgan fingerprint density at radius 2 is 1.50 bits per heavy atom. The number of hydrogen-bond donors (Lipinski definition) is 0. The zero-order valence-corrected chi connectivity index (χ0v) is 11.0. The Hall–Kier alpha value is -1.90. The number of hydrogen-bond acceptors (Lipinski definition) is 2. The number of rotatable bonds is 1. The van der Waals surface area contributed by atoms with Crippen LogP contribution in [0.3, 0.4) is 0 Å². The van der Waals surface area contributed by atoms with Gasteiger partial charge in [-0.25, -0.2) is 14.4 Å². The molecule has 0 aliphatic rings. The van der Waals surface area contributed by atoms with Crippen LogP contribution in [0, 0.1) is 5.82 Å². The zero-order valence-electron chi connectivity index (χ0n) is 10.2. The molecular weight excluding hydrogens is 341 g/mol. The standard InChI is InChI=1S/C12H4ClF7N2/c13-10-21-8(4-9(22-10)12(18,19)20)5-1-2-6(7(14)3-5)11(15,16)17/h1-4H. The molecule has 1 aromatic heterocycles. The summed E-state index contributed by atoms with van der Waals surface area (Å²) in [5.41, 5.74) is -3.66. The van der Waals surface area contributed by atoms with Crippen molar-refractivity contribution in [2.45, 2.75) is 12.4 Å². The van der Waals surface area contributed by atoms with Gasteiger partial charge in [0, 0.05) is 5.56 Å². The second kappa shape index (κ2) is 5.38. The highest BCUT2D eigenvalue weighted by atomic mass is 35.5. The quantitative estimate of drug-likeness (QED) is 0.539. The first-order valence-corrected chi connectivity index (χ1v) is 5.85. The highest BCUT2D eigenvalue weighted by Gasteiger charge is 2.35. The number of alkyl halides is 6. The molecule has 2 nitrogen and oxygen atoms in total. The van der Waals surface area contributed by atoms with Crippen LogP contribution in [0.15, 0.2) is 24.3 Å². The largest absolute Gasteiger partial charge is 0.433 e. The van der Waals surface area contributed by atoms with Gasteiger partial charge in [-0.1, -0.05) is 6.07 Å². The lowest BCUT2D eigenvalue weighted by atomic mass is 10.1. The average molecular weight is 345 g/mol. The van der Waals surface area contributed by atoms with Crippen molar-refractivity contribution in [3.8, 4) is 11.3 Å². The van der Waals surface area contributed by atoms with Crippen LogP contribution in [-0.2, 0) is 12.4 Å². The van der Waals surface area contributed by atoms with Crippen LogP contribution in [-0.4, -0.2) is 9.97 Å². The first kappa shape index (κ1) is 16.5. The molecule has 0 amide bonds. The van der Waals surface area contributed by atoms with Crippen molar-refractivity contribution in [1.29, 1.82) is 0 Å². The monoisotopic (exact) mass is 344 g/mol. The van der Waals surface area contributed by atoms with E-state index < -0.39 is 40.4 Å². The molecule has 0 aliphatic heterocycles. The van der Waals surface area contributed by atoms with E-state index in [9.17, 15) is 30.7 Å². The maximum absolute atomic E-state index is 13.4. The van der Waals surface area contributed by atoms with E-state index in [1.165, 1.54) is 0 Å². The lowest BCUT2D eigenvalue weighted by Gasteiger charge is -2.11. The predicted octanol–water partition coefficient (Wildman–Crippen LogP) is 4.97. The third kappa shape index (κ3) is 3.46. The molecule has 0 unspecified atom stereocenters. The minimum absolute atomic E-state index is 0.291. The van der Waals surface area contributed by atoms with E-state index >= 15 is 0 Å². The summed E-state index contributed by atoms with van der Waals surface area (Å²) in [6.45, 7) is 0. The van der Waals surface area contributed by atoms with E-state index in [1.807, 2.05) is 0 Å². The van der Waals surface area contributed by atoms with Gasteiger partial charge >= 0.3 is 12.4 Å². The van der Waals surface area contributed by atoms with Crippen molar-refractivity contribution >= 4 is 11.6 Å². The number of benzene rings is 1. The highest BCUT2D eigenvalue weighted by Crippen LogP contribution is 2.35. The number of nitrogens with zero attached hydrogens (tertiary/aromatic N) is 2. The molecule has 2 aromatic rings. The van der Waals surface area contributed by atoms with E-state index in [2.05, 4.69) is 9.97 Å². The SMILES string of the molecule is Fc1cc(-c2cc(C(F)(F)F)nc(Cl)n2)ccc1C(F)(F)F. The smallest absolute Gasteiger partial charge is 0.218 e. The van der Waals surface area contributed by atoms with Gasteiger partial charge in [-0.2, -0.15) is 26.3 Å². The van der Waals surface area contributed by atoms with Gasteiger partial charge in [-0.3, -0.25) is 0 Å². The van der Waals surface area contributed by atoms with Crippen molar-refractivity contribution in [2.24, 2.45) is 0 Å². The van der Waals surface area contributed by atoms with Crippen LogP contribution in [0.4, 0.5) is 30.7 Å². The second-order valence-electron chi connectivity index (χ2n) is 4.10. The Morgan fingerprint density at radius 1 is 0.864 bits per heavy atom. The molecule has 0 bridgehead atoms. The Labute approximate surface area is 123 Å². The molecule has 0 saturated carbocycles. The van der Waals surface area contributed by atoms with Gasteiger partial charge in [0.15, 0.2) is 0 Å². The summed E-state index contributed by atoms with van der Waals surface area (Å²) in [5.74, 6) is -1.63. The molecule has 22 heavy (non-hydrogen) atoms. The molecule has 2 rings (SSSR count). The Kier molecular flexibility index (Phi) is 4.03. The second-order valence-corrected chi connectivity index (χ2v) is 4.44. The van der Waals surface area contributed by atoms with Gasteiger partial charge in [0.1, 0.15) is 11.5 Å². The molecular formula is C12H4ClF7N2. The van der Waals surface area contributed by atoms with Crippen molar-refractivity contribution in [1.82, 2.24) is 9.97 Å². The van der Waals surface area contributed by atoms with Crippen LogP contribution < -0.4 is 0 Å². The first-order valence-electron chi connectivity index (χ1n) is 5.47. The van der Waals surface area contributed by atoms with E-state index in [4.69, 9.17) is 11.6 Å². The van der Waals surface area contributed by atoms with E-state index in [-0.39, 0.29) is 5.56 Å². The van der Waals surface area contributed by atoms with Crippen molar-refractivity contribution in [2.75, 3.05) is 0 Å². The van der Waals surface area contributed by atoms with E-state index in [0.29, 0.717) is 18.2 Å². The fourth-order valence-electron chi connectivity index (χ4n) is 1.62. The lowest BCUT2D eigenvalue weighted by Crippen LogP contribution is -2.10. The van der Waals surface area contributed by atoms with Crippen LogP contribution in [0.1, 0.15) is 11.3 Å². The molecule has 0 spiro atoms. The van der Waals surface area contributed by atoms with Crippen LogP contribution >= 0.6 is 11.6 Å². The maximum Gasteiger partial charge on any atom is 0.433 e. The fourth-order valence-corrected chi connectivity index (χ4v) is 1.80. The summed E-state index contributed by atoms with van der Waals surface area (Å²) >= 11 is 5.35. The maximum atomic E-state index is 13.4. The first-order chi connectivity index (χ1) is 9.98. The van der Waals surface area contributed by atoms with Crippen molar-refractivity contribution in [3.63, 3.8) is 0 Å². The molecule has 1 heterocycles. The topological polar surface area (TPSA) is 25.8 Å². The summed E-state index contributed by atoms with van der Waals surface area (Å²) in [6, 6.07) is 2.11. The summed E-state index contributed by atoms with van der Waals surface area (Å²) < 4.78 is 88.5. The Morgan fingerprint density at radius 3 is 2.00 bits per heavy atom. The molecule has 1 aromatic carbocycles. The average Bonchev–Trinajstić information content (AvgIpc) is 2.35. The minimum atomic E-state index is -4.91. The molecule has 10 heteroatoms. The molecule has 0 atom stereocenters. The Balaban J connectivity index is 2.54. The summed E-state index contributed by atoms with van der Waals surface area (Å²) in [7, 11) is 0. The number of halogens is 8. The third-order valence-electron chi connectivity index (χ3n) is 2.56. The fraction of sp³-hybridized carbons (Fsp3) is 0.167. The van der Waals surface area contributed by atoms with Gasteiger partial charge in [0.05, 0.1) is 11.3 Å². The summed E-state index contributed by atoms with van der Waals surface area (Å²) in [6.07, 6.45) is -9.74. The normalized spacial score (nSPS) is 12.5. The van der Waals surface area contributed by atoms with Crippen LogP contribution in [0.2, 0.25) is 5.28 Å². The zero-order chi connectivity index (χ0) is 16.7. The predicted molar refractivity (Wildman–Crippen MR) is 62.4 cm³/mol. The van der Waals surface area contributed by atoms with Gasteiger partial charge in [0.25, 0.3) is 0 Å². The van der Waals surface area contributed by atoms with E-state index in [1.54, 1.807) is 0 Å². The molecule has 0 fully saturated rings. The van der Waals surface area contributed by atoms with Gasteiger partial charge in [-0.15, -0.1) is 0 Å². The molecule has 0 aliphatic carbocycles. The van der Waals surface area contributed by atoms with E-state index in [0.717, 1.165) is 6.07 Å². The Bertz CT molecular complexity index is 710. The van der Waals surface area contributed by atoms with Gasteiger partial charge in [0.2, 0.25) is 5.28 Å². The van der Waals surface area contributed by atoms with Crippen molar-refractivity contribution in [3.05, 3.63) is 46.6 Å². The molecule has 0 N–H and O–H groups in total. The van der Waals surface area contributed by atoms with Crippen molar-refractivity contribution < 1.29 is 30.7 Å². The van der Waals surface area contributed by atoms with Gasteiger partial charge < -0.3 is 0 Å². The third-order valence-corrected chi connectivity index (χ3v) is 2.73.